The maximum atomic E-state index is 12.5. The molecule has 1 atom stereocenters. The monoisotopic (exact) mass is 364 g/mol. The lowest BCUT2D eigenvalue weighted by Crippen LogP contribution is -2.55. The average molecular weight is 364 g/mol. The molecule has 136 valence electrons. The van der Waals surface area contributed by atoms with Crippen LogP contribution in [0.15, 0.2) is 10.4 Å². The van der Waals surface area contributed by atoms with Crippen LogP contribution in [0.1, 0.15) is 10.7 Å². The Morgan fingerprint density at radius 1 is 1.38 bits per heavy atom. The first kappa shape index (κ1) is 18.9. The van der Waals surface area contributed by atoms with Gasteiger partial charge in [-0.15, -0.1) is 11.3 Å². The molecule has 0 radical (unpaired) electrons. The highest BCUT2D eigenvalue weighted by Gasteiger charge is 2.33. The highest BCUT2D eigenvalue weighted by molar-refractivity contribution is 7.09. The maximum absolute atomic E-state index is 12.5. The van der Waals surface area contributed by atoms with Crippen LogP contribution >= 0.6 is 11.3 Å². The number of alkyl halides is 3. The van der Waals surface area contributed by atoms with Gasteiger partial charge >= 0.3 is 6.18 Å². The average Bonchev–Trinajstić information content (AvgIpc) is 3.00. The summed E-state index contributed by atoms with van der Waals surface area (Å²) < 4.78 is 37.6. The summed E-state index contributed by atoms with van der Waals surface area (Å²) in [6.07, 6.45) is -4.40. The molecule has 0 amide bonds. The Hall–Kier alpha value is -1.39. The Morgan fingerprint density at radius 2 is 2.12 bits per heavy atom. The van der Waals surface area contributed by atoms with E-state index in [0.717, 1.165) is 36.4 Å². The minimum atomic E-state index is -4.40. The molecule has 1 unspecified atom stereocenters. The van der Waals surface area contributed by atoms with Gasteiger partial charge in [-0.2, -0.15) is 13.2 Å². The number of piperazine rings is 1. The van der Waals surface area contributed by atoms with E-state index in [4.69, 9.17) is 0 Å². The first-order valence-corrected chi connectivity index (χ1v) is 8.52. The van der Waals surface area contributed by atoms with Crippen molar-refractivity contribution in [3.8, 4) is 0 Å². The van der Waals surface area contributed by atoms with Gasteiger partial charge in [0, 0.05) is 44.6 Å². The van der Waals surface area contributed by atoms with Gasteiger partial charge < -0.3 is 15.5 Å². The van der Waals surface area contributed by atoms with Gasteiger partial charge in [-0.25, -0.2) is 4.98 Å². The predicted molar refractivity (Wildman–Crippen MR) is 89.2 cm³/mol. The Kier molecular flexibility index (Phi) is 6.41. The van der Waals surface area contributed by atoms with Crippen molar-refractivity contribution in [2.24, 2.45) is 4.99 Å². The van der Waals surface area contributed by atoms with E-state index in [-0.39, 0.29) is 6.54 Å². The molecule has 0 bridgehead atoms. The summed E-state index contributed by atoms with van der Waals surface area (Å²) in [6.45, 7) is 3.94. The molecule has 2 rings (SSSR count). The zero-order valence-electron chi connectivity index (χ0n) is 14.0. The number of guanidine groups is 1. The summed E-state index contributed by atoms with van der Waals surface area (Å²) >= 11 is 0.984. The van der Waals surface area contributed by atoms with Crippen LogP contribution in [0.4, 0.5) is 13.2 Å². The Labute approximate surface area is 143 Å². The summed E-state index contributed by atoms with van der Waals surface area (Å²) in [5.41, 5.74) is -0.848. The lowest BCUT2D eigenvalue weighted by Gasteiger charge is -2.37. The van der Waals surface area contributed by atoms with E-state index in [9.17, 15) is 13.2 Å². The number of aliphatic imine (C=N–C) groups is 1. The molecule has 1 aliphatic rings. The van der Waals surface area contributed by atoms with E-state index in [1.807, 2.05) is 0 Å². The van der Waals surface area contributed by atoms with Crippen molar-refractivity contribution in [3.05, 3.63) is 16.1 Å². The second-order valence-corrected chi connectivity index (χ2v) is 6.77. The number of rotatable bonds is 4. The fraction of sp³-hybridized carbons (Fsp3) is 0.714. The van der Waals surface area contributed by atoms with Crippen molar-refractivity contribution in [2.45, 2.75) is 18.8 Å². The number of hydrogen-bond donors (Lipinski definition) is 2. The number of hydrogen-bond acceptors (Lipinski definition) is 5. The van der Waals surface area contributed by atoms with Crippen LogP contribution < -0.4 is 10.6 Å². The zero-order valence-corrected chi connectivity index (χ0v) is 14.8. The molecule has 0 aromatic carbocycles. The number of likely N-dealkylation sites (N-methyl/N-ethyl adjacent to an activating group) is 2. The van der Waals surface area contributed by atoms with Crippen molar-refractivity contribution in [1.29, 1.82) is 0 Å². The van der Waals surface area contributed by atoms with Crippen LogP contribution in [0.25, 0.3) is 0 Å². The molecule has 1 aliphatic heterocycles. The Bertz CT molecular complexity index is 559. The Morgan fingerprint density at radius 3 is 2.75 bits per heavy atom. The fourth-order valence-corrected chi connectivity index (χ4v) is 3.18. The number of halogens is 3. The number of nitrogens with one attached hydrogen (secondary N) is 2. The Balaban J connectivity index is 1.81. The molecule has 1 aromatic rings. The SMILES string of the molecule is CN=C(NCc1nc(C(F)(F)F)cs1)NCC1CN(C)CCN1C. The van der Waals surface area contributed by atoms with Crippen molar-refractivity contribution in [3.63, 3.8) is 0 Å². The third-order valence-electron chi connectivity index (χ3n) is 3.96. The smallest absolute Gasteiger partial charge is 0.355 e. The van der Waals surface area contributed by atoms with Gasteiger partial charge in [0.15, 0.2) is 11.7 Å². The molecule has 0 spiro atoms. The maximum Gasteiger partial charge on any atom is 0.434 e. The standard InChI is InChI=1S/C14H23F3N6S/c1-18-13(19-6-10-8-22(2)4-5-23(10)3)20-7-12-21-11(9-24-12)14(15,16)17/h9-10H,4-8H2,1-3H3,(H2,18,19,20). The molecule has 2 N–H and O–H groups in total. The van der Waals surface area contributed by atoms with E-state index in [2.05, 4.69) is 44.5 Å². The van der Waals surface area contributed by atoms with Gasteiger partial charge in [-0.1, -0.05) is 0 Å². The summed E-state index contributed by atoms with van der Waals surface area (Å²) in [6, 6.07) is 0.360. The van der Waals surface area contributed by atoms with Crippen LogP contribution in [-0.2, 0) is 12.7 Å². The highest BCUT2D eigenvalue weighted by Crippen LogP contribution is 2.29. The molecule has 0 saturated carbocycles. The van der Waals surface area contributed by atoms with Crippen LogP contribution in [-0.4, -0.2) is 74.1 Å². The second-order valence-electron chi connectivity index (χ2n) is 5.83. The first-order chi connectivity index (χ1) is 11.3. The molecule has 10 heteroatoms. The lowest BCUT2D eigenvalue weighted by atomic mass is 10.2. The van der Waals surface area contributed by atoms with Gasteiger partial charge in [0.1, 0.15) is 5.01 Å². The summed E-state index contributed by atoms with van der Waals surface area (Å²) in [7, 11) is 5.81. The van der Waals surface area contributed by atoms with Crippen LogP contribution in [0, 0.1) is 0 Å². The van der Waals surface area contributed by atoms with Gasteiger partial charge in [0.2, 0.25) is 0 Å². The van der Waals surface area contributed by atoms with Gasteiger partial charge in [-0.3, -0.25) is 9.89 Å². The van der Waals surface area contributed by atoms with Crippen LogP contribution in [0.5, 0.6) is 0 Å². The number of thiazole rings is 1. The normalized spacial score (nSPS) is 21.1. The van der Waals surface area contributed by atoms with Crippen molar-refractivity contribution >= 4 is 17.3 Å². The lowest BCUT2D eigenvalue weighted by molar-refractivity contribution is -0.140. The second kappa shape index (κ2) is 8.13. The zero-order chi connectivity index (χ0) is 17.7. The van der Waals surface area contributed by atoms with Crippen LogP contribution in [0.3, 0.4) is 0 Å². The number of aromatic nitrogens is 1. The fourth-order valence-electron chi connectivity index (χ4n) is 2.44. The molecule has 2 heterocycles. The molecule has 6 nitrogen and oxygen atoms in total. The molecular formula is C14H23F3N6S. The van der Waals surface area contributed by atoms with E-state index in [1.54, 1.807) is 7.05 Å². The summed E-state index contributed by atoms with van der Waals surface area (Å²) in [5, 5.41) is 7.63. The molecule has 1 aromatic heterocycles. The van der Waals surface area contributed by atoms with Crippen molar-refractivity contribution in [2.75, 3.05) is 47.3 Å². The largest absolute Gasteiger partial charge is 0.434 e. The summed E-state index contributed by atoms with van der Waals surface area (Å²) in [5.74, 6) is 0.556. The van der Waals surface area contributed by atoms with E-state index in [0.29, 0.717) is 23.6 Å². The first-order valence-electron chi connectivity index (χ1n) is 7.64. The molecule has 24 heavy (non-hydrogen) atoms. The van der Waals surface area contributed by atoms with Crippen molar-refractivity contribution in [1.82, 2.24) is 25.4 Å². The topological polar surface area (TPSA) is 55.8 Å². The minimum Gasteiger partial charge on any atom is -0.355 e. The molecule has 1 saturated heterocycles. The predicted octanol–water partition coefficient (Wildman–Crippen LogP) is 1.07. The van der Waals surface area contributed by atoms with E-state index in [1.165, 1.54) is 0 Å². The quantitative estimate of drug-likeness (QED) is 0.618. The third kappa shape index (κ3) is 5.32. The van der Waals surface area contributed by atoms with Gasteiger partial charge in [0.25, 0.3) is 0 Å². The minimum absolute atomic E-state index is 0.209. The van der Waals surface area contributed by atoms with Crippen LogP contribution in [0.2, 0.25) is 0 Å². The highest BCUT2D eigenvalue weighted by atomic mass is 32.1. The molecule has 0 aliphatic carbocycles. The van der Waals surface area contributed by atoms with Gasteiger partial charge in [-0.05, 0) is 14.1 Å². The van der Waals surface area contributed by atoms with E-state index < -0.39 is 11.9 Å². The number of nitrogens with zero attached hydrogens (tertiary/aromatic N) is 4. The third-order valence-corrected chi connectivity index (χ3v) is 4.81. The molecular weight excluding hydrogens is 341 g/mol. The van der Waals surface area contributed by atoms with Gasteiger partial charge in [0.05, 0.1) is 6.54 Å². The molecule has 1 fully saturated rings. The summed E-state index contributed by atoms with van der Waals surface area (Å²) in [4.78, 5) is 12.3. The van der Waals surface area contributed by atoms with E-state index >= 15 is 0 Å². The van der Waals surface area contributed by atoms with Crippen molar-refractivity contribution < 1.29 is 13.2 Å².